The molecule has 0 heterocycles. The Hall–Kier alpha value is -0.0800. The Kier molecular flexibility index (Phi) is 4.81. The van der Waals surface area contributed by atoms with E-state index in [1.807, 2.05) is 0 Å². The van der Waals surface area contributed by atoms with E-state index in [2.05, 4.69) is 27.7 Å². The van der Waals surface area contributed by atoms with Gasteiger partial charge in [-0.15, -0.1) is 0 Å². The van der Waals surface area contributed by atoms with Gasteiger partial charge >= 0.3 is 0 Å². The summed E-state index contributed by atoms with van der Waals surface area (Å²) in [6, 6.07) is 0. The molecule has 2 heteroatoms. The van der Waals surface area contributed by atoms with Crippen molar-refractivity contribution in [3.8, 4) is 0 Å². The lowest BCUT2D eigenvalue weighted by molar-refractivity contribution is 0.00626. The van der Waals surface area contributed by atoms with Crippen LogP contribution in [-0.2, 0) is 0 Å². The van der Waals surface area contributed by atoms with Gasteiger partial charge in [0, 0.05) is 6.61 Å². The van der Waals surface area contributed by atoms with Crippen LogP contribution in [0.3, 0.4) is 0 Å². The Balaban J connectivity index is 2.55. The van der Waals surface area contributed by atoms with E-state index >= 15 is 0 Å². The van der Waals surface area contributed by atoms with Gasteiger partial charge in [-0.1, -0.05) is 27.7 Å². The molecule has 1 fully saturated rings. The van der Waals surface area contributed by atoms with Crippen molar-refractivity contribution in [1.82, 2.24) is 0 Å². The van der Waals surface area contributed by atoms with Crippen LogP contribution in [0.2, 0.25) is 0 Å². The first-order valence-corrected chi connectivity index (χ1v) is 6.63. The van der Waals surface area contributed by atoms with Crippen LogP contribution < -0.4 is 0 Å². The highest BCUT2D eigenvalue weighted by Crippen LogP contribution is 2.42. The fourth-order valence-corrected chi connectivity index (χ4v) is 2.88. The predicted molar refractivity (Wildman–Crippen MR) is 67.2 cm³/mol. The molecule has 1 aliphatic rings. The van der Waals surface area contributed by atoms with E-state index in [1.165, 1.54) is 0 Å². The molecule has 0 aromatic heterocycles. The molecule has 16 heavy (non-hydrogen) atoms. The fourth-order valence-electron chi connectivity index (χ4n) is 2.88. The van der Waals surface area contributed by atoms with Crippen molar-refractivity contribution in [3.63, 3.8) is 0 Å². The summed E-state index contributed by atoms with van der Waals surface area (Å²) < 4.78 is 0. The fraction of sp³-hybridized carbons (Fsp3) is 1.00. The maximum Gasteiger partial charge on any atom is 0.0568 e. The number of aliphatic hydroxyl groups is 2. The standard InChI is InChI=1S/C14H28O2/c1-10(9-15)7-11-8-12(14(2,3)4)5-6-13(11)16/h10-13,15-16H,5-9H2,1-4H3. The van der Waals surface area contributed by atoms with Crippen molar-refractivity contribution >= 4 is 0 Å². The minimum absolute atomic E-state index is 0.146. The summed E-state index contributed by atoms with van der Waals surface area (Å²) in [7, 11) is 0. The lowest BCUT2D eigenvalue weighted by Gasteiger charge is -2.40. The third kappa shape index (κ3) is 3.74. The second-order valence-corrected chi connectivity index (χ2v) is 6.73. The molecule has 4 atom stereocenters. The molecule has 1 aliphatic carbocycles. The molecule has 0 amide bonds. The molecule has 0 radical (unpaired) electrons. The molecule has 0 spiro atoms. The lowest BCUT2D eigenvalue weighted by atomic mass is 9.67. The Labute approximate surface area is 100 Å². The molecule has 2 nitrogen and oxygen atoms in total. The molecular formula is C14H28O2. The first-order valence-electron chi connectivity index (χ1n) is 6.63. The van der Waals surface area contributed by atoms with Gasteiger partial charge in [0.15, 0.2) is 0 Å². The summed E-state index contributed by atoms with van der Waals surface area (Å²) >= 11 is 0. The monoisotopic (exact) mass is 228 g/mol. The zero-order valence-electron chi connectivity index (χ0n) is 11.2. The lowest BCUT2D eigenvalue weighted by Crippen LogP contribution is -2.35. The highest BCUT2D eigenvalue weighted by Gasteiger charge is 2.35. The van der Waals surface area contributed by atoms with Crippen molar-refractivity contribution in [2.24, 2.45) is 23.2 Å². The highest BCUT2D eigenvalue weighted by molar-refractivity contribution is 4.86. The third-order valence-electron chi connectivity index (χ3n) is 4.18. The van der Waals surface area contributed by atoms with Gasteiger partial charge in [-0.2, -0.15) is 0 Å². The largest absolute Gasteiger partial charge is 0.396 e. The summed E-state index contributed by atoms with van der Waals surface area (Å²) in [6.07, 6.45) is 4.02. The molecule has 2 N–H and O–H groups in total. The second-order valence-electron chi connectivity index (χ2n) is 6.73. The SMILES string of the molecule is CC(CO)CC1CC(C(C)(C)C)CCC1O. The molecule has 1 saturated carbocycles. The number of aliphatic hydroxyl groups excluding tert-OH is 2. The first kappa shape index (κ1) is 14.0. The second kappa shape index (κ2) is 5.50. The summed E-state index contributed by atoms with van der Waals surface area (Å²) in [5, 5.41) is 19.1. The Morgan fingerprint density at radius 3 is 2.38 bits per heavy atom. The maximum absolute atomic E-state index is 10.0. The topological polar surface area (TPSA) is 40.5 Å². The number of rotatable bonds is 3. The van der Waals surface area contributed by atoms with Crippen LogP contribution >= 0.6 is 0 Å². The van der Waals surface area contributed by atoms with Gasteiger partial charge < -0.3 is 10.2 Å². The van der Waals surface area contributed by atoms with Crippen molar-refractivity contribution in [1.29, 1.82) is 0 Å². The average Bonchev–Trinajstić information content (AvgIpc) is 2.19. The normalized spacial score (nSPS) is 33.8. The Morgan fingerprint density at radius 1 is 1.25 bits per heavy atom. The van der Waals surface area contributed by atoms with E-state index < -0.39 is 0 Å². The molecule has 0 bridgehead atoms. The number of hydrogen-bond donors (Lipinski definition) is 2. The molecule has 96 valence electrons. The van der Waals surface area contributed by atoms with Gasteiger partial charge in [0.2, 0.25) is 0 Å². The summed E-state index contributed by atoms with van der Waals surface area (Å²) in [6.45, 7) is 9.18. The number of hydrogen-bond acceptors (Lipinski definition) is 2. The van der Waals surface area contributed by atoms with E-state index in [9.17, 15) is 5.11 Å². The molecule has 0 aliphatic heterocycles. The Bertz CT molecular complexity index is 207. The summed E-state index contributed by atoms with van der Waals surface area (Å²) in [5.41, 5.74) is 0.348. The van der Waals surface area contributed by atoms with Crippen molar-refractivity contribution in [2.45, 2.75) is 59.5 Å². The van der Waals surface area contributed by atoms with Gasteiger partial charge in [-0.3, -0.25) is 0 Å². The quantitative estimate of drug-likeness (QED) is 0.780. The van der Waals surface area contributed by atoms with Gasteiger partial charge in [-0.25, -0.2) is 0 Å². The molecule has 1 rings (SSSR count). The van der Waals surface area contributed by atoms with Gasteiger partial charge in [0.1, 0.15) is 0 Å². The first-order chi connectivity index (χ1) is 7.34. The van der Waals surface area contributed by atoms with Crippen molar-refractivity contribution in [2.75, 3.05) is 6.61 Å². The summed E-state index contributed by atoms with van der Waals surface area (Å²) in [5.74, 6) is 1.42. The highest BCUT2D eigenvalue weighted by atomic mass is 16.3. The van der Waals surface area contributed by atoms with Crippen LogP contribution in [0, 0.1) is 23.2 Å². The van der Waals surface area contributed by atoms with E-state index in [4.69, 9.17) is 5.11 Å². The minimum atomic E-state index is -0.146. The molecule has 0 aromatic carbocycles. The third-order valence-corrected chi connectivity index (χ3v) is 4.18. The van der Waals surface area contributed by atoms with Crippen molar-refractivity contribution < 1.29 is 10.2 Å². The van der Waals surface area contributed by atoms with Crippen LogP contribution in [0.15, 0.2) is 0 Å². The average molecular weight is 228 g/mol. The zero-order chi connectivity index (χ0) is 12.3. The predicted octanol–water partition coefficient (Wildman–Crippen LogP) is 2.83. The van der Waals surface area contributed by atoms with Gasteiger partial charge in [0.05, 0.1) is 6.10 Å². The minimum Gasteiger partial charge on any atom is -0.396 e. The van der Waals surface area contributed by atoms with E-state index in [1.54, 1.807) is 0 Å². The van der Waals surface area contributed by atoms with Crippen LogP contribution in [0.5, 0.6) is 0 Å². The zero-order valence-corrected chi connectivity index (χ0v) is 11.2. The maximum atomic E-state index is 10.0. The molecular weight excluding hydrogens is 200 g/mol. The Morgan fingerprint density at radius 2 is 1.88 bits per heavy atom. The summed E-state index contributed by atoms with van der Waals surface area (Å²) in [4.78, 5) is 0. The van der Waals surface area contributed by atoms with Gasteiger partial charge in [0.25, 0.3) is 0 Å². The molecule has 0 saturated heterocycles. The van der Waals surface area contributed by atoms with E-state index in [0.29, 0.717) is 23.2 Å². The van der Waals surface area contributed by atoms with Gasteiger partial charge in [-0.05, 0) is 48.9 Å². The smallest absolute Gasteiger partial charge is 0.0568 e. The molecule has 4 unspecified atom stereocenters. The molecule has 0 aromatic rings. The van der Waals surface area contributed by atoms with Crippen LogP contribution in [0.1, 0.15) is 53.4 Å². The van der Waals surface area contributed by atoms with Crippen LogP contribution in [0.4, 0.5) is 0 Å². The van der Waals surface area contributed by atoms with E-state index in [0.717, 1.165) is 25.7 Å². The van der Waals surface area contributed by atoms with E-state index in [-0.39, 0.29) is 12.7 Å². The van der Waals surface area contributed by atoms with Crippen LogP contribution in [-0.4, -0.2) is 22.9 Å². The van der Waals surface area contributed by atoms with Crippen LogP contribution in [0.25, 0.3) is 0 Å². The van der Waals surface area contributed by atoms with Crippen molar-refractivity contribution in [3.05, 3.63) is 0 Å².